The molecule has 5 heteroatoms. The third-order valence-corrected chi connectivity index (χ3v) is 4.05. The zero-order valence-corrected chi connectivity index (χ0v) is 14.1. The number of hydrogen-bond donors (Lipinski definition) is 1. The summed E-state index contributed by atoms with van der Waals surface area (Å²) in [5.41, 5.74) is 1.00. The molecule has 1 aromatic heterocycles. The fraction of sp³-hybridized carbons (Fsp3) is 0.765. The second-order valence-electron chi connectivity index (χ2n) is 6.90. The fourth-order valence-corrected chi connectivity index (χ4v) is 2.93. The maximum absolute atomic E-state index is 12.1. The van der Waals surface area contributed by atoms with E-state index in [1.54, 1.807) is 0 Å². The predicted molar refractivity (Wildman–Crippen MR) is 86.3 cm³/mol. The van der Waals surface area contributed by atoms with Gasteiger partial charge >= 0.3 is 0 Å². The topological polar surface area (TPSA) is 58.4 Å². The first kappa shape index (κ1) is 17.0. The van der Waals surface area contributed by atoms with E-state index in [2.05, 4.69) is 31.2 Å². The normalized spacial score (nSPS) is 18.9. The van der Waals surface area contributed by atoms with Gasteiger partial charge in [-0.3, -0.25) is 4.79 Å². The summed E-state index contributed by atoms with van der Waals surface area (Å²) in [6.45, 7) is 9.71. The van der Waals surface area contributed by atoms with E-state index in [0.717, 1.165) is 37.4 Å². The van der Waals surface area contributed by atoms with Crippen molar-refractivity contribution in [2.75, 3.05) is 19.6 Å². The van der Waals surface area contributed by atoms with E-state index in [4.69, 9.17) is 4.52 Å². The lowest BCUT2D eigenvalue weighted by molar-refractivity contribution is -0.132. The second-order valence-corrected chi connectivity index (χ2v) is 6.90. The van der Waals surface area contributed by atoms with Gasteiger partial charge in [-0.1, -0.05) is 25.9 Å². The first-order chi connectivity index (χ1) is 10.5. The number of carbonyl (C=O) groups is 1. The van der Waals surface area contributed by atoms with Crippen LogP contribution in [0.25, 0.3) is 0 Å². The summed E-state index contributed by atoms with van der Waals surface area (Å²) in [7, 11) is 0. The van der Waals surface area contributed by atoms with Crippen molar-refractivity contribution in [2.24, 2.45) is 11.8 Å². The number of hydrogen-bond acceptors (Lipinski definition) is 4. The number of piperidine rings is 1. The van der Waals surface area contributed by atoms with Crippen molar-refractivity contribution in [3.05, 3.63) is 17.5 Å². The standard InChI is InChI=1S/C17H29N3O2/c1-13(2)9-15-10-16(22-19-15)11-18-7-6-17(21)20-8-4-5-14(3)12-20/h10,13-14,18H,4-9,11-12H2,1-3H3. The minimum atomic E-state index is 0.261. The van der Waals surface area contributed by atoms with E-state index in [-0.39, 0.29) is 5.91 Å². The Hall–Kier alpha value is -1.36. The van der Waals surface area contributed by atoms with Crippen molar-refractivity contribution in [2.45, 2.75) is 53.0 Å². The Kier molecular flexibility index (Phi) is 6.43. The molecule has 0 aromatic carbocycles. The van der Waals surface area contributed by atoms with Crippen molar-refractivity contribution in [1.82, 2.24) is 15.4 Å². The zero-order chi connectivity index (χ0) is 15.9. The smallest absolute Gasteiger partial charge is 0.223 e. The SMILES string of the molecule is CC(C)Cc1cc(CNCCC(=O)N2CCCC(C)C2)on1. The van der Waals surface area contributed by atoms with Gasteiger partial charge in [0, 0.05) is 32.1 Å². The lowest BCUT2D eigenvalue weighted by Crippen LogP contribution is -2.40. The Morgan fingerprint density at radius 1 is 1.55 bits per heavy atom. The van der Waals surface area contributed by atoms with E-state index >= 15 is 0 Å². The largest absolute Gasteiger partial charge is 0.360 e. The molecule has 1 saturated heterocycles. The van der Waals surface area contributed by atoms with E-state index in [0.29, 0.717) is 31.3 Å². The van der Waals surface area contributed by atoms with Gasteiger partial charge in [-0.25, -0.2) is 0 Å². The lowest BCUT2D eigenvalue weighted by atomic mass is 10.00. The van der Waals surface area contributed by atoms with E-state index in [9.17, 15) is 4.79 Å². The maximum atomic E-state index is 12.1. The number of nitrogens with one attached hydrogen (secondary N) is 1. The van der Waals surface area contributed by atoms with Gasteiger partial charge in [-0.2, -0.15) is 0 Å². The first-order valence-corrected chi connectivity index (χ1v) is 8.47. The van der Waals surface area contributed by atoms with Gasteiger partial charge in [-0.05, 0) is 31.1 Å². The first-order valence-electron chi connectivity index (χ1n) is 8.47. The van der Waals surface area contributed by atoms with E-state index < -0.39 is 0 Å². The summed E-state index contributed by atoms with van der Waals surface area (Å²) in [6.07, 6.45) is 3.87. The van der Waals surface area contributed by atoms with Crippen LogP contribution in [0.4, 0.5) is 0 Å². The molecular weight excluding hydrogens is 278 g/mol. The number of nitrogens with zero attached hydrogens (tertiary/aromatic N) is 2. The molecule has 1 fully saturated rings. The molecule has 2 rings (SSSR count). The Bertz CT molecular complexity index is 470. The molecule has 124 valence electrons. The summed E-state index contributed by atoms with van der Waals surface area (Å²) in [5, 5.41) is 7.33. The highest BCUT2D eigenvalue weighted by atomic mass is 16.5. The Morgan fingerprint density at radius 2 is 2.36 bits per heavy atom. The van der Waals surface area contributed by atoms with Crippen LogP contribution >= 0.6 is 0 Å². The molecule has 1 N–H and O–H groups in total. The van der Waals surface area contributed by atoms with Crippen LogP contribution in [0.15, 0.2) is 10.6 Å². The Balaban J connectivity index is 1.64. The van der Waals surface area contributed by atoms with Crippen LogP contribution in [-0.2, 0) is 17.8 Å². The molecule has 2 heterocycles. The number of aromatic nitrogens is 1. The van der Waals surface area contributed by atoms with Gasteiger partial charge in [0.25, 0.3) is 0 Å². The maximum Gasteiger partial charge on any atom is 0.223 e. The minimum absolute atomic E-state index is 0.261. The van der Waals surface area contributed by atoms with Crippen LogP contribution in [0, 0.1) is 11.8 Å². The molecule has 1 aliphatic heterocycles. The highest BCUT2D eigenvalue weighted by Gasteiger charge is 2.20. The predicted octanol–water partition coefficient (Wildman–Crippen LogP) is 2.61. The Labute approximate surface area is 133 Å². The molecule has 5 nitrogen and oxygen atoms in total. The van der Waals surface area contributed by atoms with Crippen LogP contribution in [0.2, 0.25) is 0 Å². The molecule has 0 bridgehead atoms. The number of carbonyl (C=O) groups excluding carboxylic acids is 1. The molecule has 22 heavy (non-hydrogen) atoms. The van der Waals surface area contributed by atoms with Gasteiger partial charge in [-0.15, -0.1) is 0 Å². The zero-order valence-electron chi connectivity index (χ0n) is 14.1. The second kappa shape index (κ2) is 8.32. The molecular formula is C17H29N3O2. The van der Waals surface area contributed by atoms with Crippen LogP contribution < -0.4 is 5.32 Å². The number of rotatable bonds is 7. The summed E-state index contributed by atoms with van der Waals surface area (Å²) in [6, 6.07) is 2.00. The van der Waals surface area contributed by atoms with Gasteiger partial charge in [0.15, 0.2) is 5.76 Å². The van der Waals surface area contributed by atoms with Crippen LogP contribution in [-0.4, -0.2) is 35.6 Å². The molecule has 1 atom stereocenters. The fourth-order valence-electron chi connectivity index (χ4n) is 2.93. The summed E-state index contributed by atoms with van der Waals surface area (Å²) >= 11 is 0. The quantitative estimate of drug-likeness (QED) is 0.787. The van der Waals surface area contributed by atoms with E-state index in [1.165, 1.54) is 6.42 Å². The molecule has 1 amide bonds. The van der Waals surface area contributed by atoms with Crippen molar-refractivity contribution in [3.8, 4) is 0 Å². The molecule has 0 spiro atoms. The van der Waals surface area contributed by atoms with Crippen LogP contribution in [0.1, 0.15) is 51.5 Å². The van der Waals surface area contributed by atoms with Crippen molar-refractivity contribution >= 4 is 5.91 Å². The van der Waals surface area contributed by atoms with Gasteiger partial charge < -0.3 is 14.7 Å². The molecule has 1 unspecified atom stereocenters. The third-order valence-electron chi connectivity index (χ3n) is 4.05. The highest BCUT2D eigenvalue weighted by Crippen LogP contribution is 2.16. The molecule has 1 aromatic rings. The molecule has 0 radical (unpaired) electrons. The van der Waals surface area contributed by atoms with Gasteiger partial charge in [0.05, 0.1) is 12.2 Å². The molecule has 1 aliphatic rings. The monoisotopic (exact) mass is 307 g/mol. The summed E-state index contributed by atoms with van der Waals surface area (Å²) < 4.78 is 5.30. The Morgan fingerprint density at radius 3 is 3.09 bits per heavy atom. The summed E-state index contributed by atoms with van der Waals surface area (Å²) in [4.78, 5) is 14.1. The van der Waals surface area contributed by atoms with Crippen LogP contribution in [0.5, 0.6) is 0 Å². The third kappa shape index (κ3) is 5.44. The molecule has 0 saturated carbocycles. The number of amides is 1. The van der Waals surface area contributed by atoms with Gasteiger partial charge in [0.1, 0.15) is 0 Å². The average Bonchev–Trinajstić information content (AvgIpc) is 2.90. The average molecular weight is 307 g/mol. The summed E-state index contributed by atoms with van der Waals surface area (Å²) in [5.74, 6) is 2.32. The molecule has 0 aliphatic carbocycles. The van der Waals surface area contributed by atoms with Crippen molar-refractivity contribution in [1.29, 1.82) is 0 Å². The van der Waals surface area contributed by atoms with Crippen molar-refractivity contribution < 1.29 is 9.32 Å². The number of likely N-dealkylation sites (tertiary alicyclic amines) is 1. The lowest BCUT2D eigenvalue weighted by Gasteiger charge is -2.31. The van der Waals surface area contributed by atoms with E-state index in [1.807, 2.05) is 11.0 Å². The van der Waals surface area contributed by atoms with Crippen LogP contribution in [0.3, 0.4) is 0 Å². The highest BCUT2D eigenvalue weighted by molar-refractivity contribution is 5.76. The van der Waals surface area contributed by atoms with Gasteiger partial charge in [0.2, 0.25) is 5.91 Å². The minimum Gasteiger partial charge on any atom is -0.360 e. The van der Waals surface area contributed by atoms with Crippen molar-refractivity contribution in [3.63, 3.8) is 0 Å².